The molecule has 3 aromatic rings. The Morgan fingerprint density at radius 2 is 1.81 bits per heavy atom. The maximum atomic E-state index is 13.1. The lowest BCUT2D eigenvalue weighted by molar-refractivity contribution is -0.118. The van der Waals surface area contributed by atoms with E-state index in [0.29, 0.717) is 23.1 Å². The van der Waals surface area contributed by atoms with Gasteiger partial charge in [-0.05, 0) is 57.8 Å². The van der Waals surface area contributed by atoms with Crippen molar-refractivity contribution >= 4 is 42.4 Å². The molecule has 0 radical (unpaired) electrons. The van der Waals surface area contributed by atoms with E-state index in [0.717, 1.165) is 21.5 Å². The number of amides is 1. The molecule has 0 atom stereocenters. The molecule has 7 nitrogen and oxygen atoms in total. The second-order valence-electron chi connectivity index (χ2n) is 7.91. The van der Waals surface area contributed by atoms with Crippen molar-refractivity contribution in [2.24, 2.45) is 0 Å². The van der Waals surface area contributed by atoms with Gasteiger partial charge in [0.2, 0.25) is 5.91 Å². The fourth-order valence-electron chi connectivity index (χ4n) is 3.17. The summed E-state index contributed by atoms with van der Waals surface area (Å²) in [5.74, 6) is 0.539. The molecule has 0 bridgehead atoms. The average molecular weight is 476 g/mol. The molecule has 1 heterocycles. The molecule has 0 spiro atoms. The molecule has 2 aromatic carbocycles. The molecule has 9 heteroatoms. The van der Waals surface area contributed by atoms with E-state index in [1.807, 2.05) is 44.1 Å². The molecular formula is C23H29N3O4S2. The zero-order chi connectivity index (χ0) is 23.3. The lowest BCUT2D eigenvalue weighted by Gasteiger charge is -2.22. The highest BCUT2D eigenvalue weighted by molar-refractivity contribution is 7.91. The third kappa shape index (κ3) is 6.05. The molecule has 0 unspecified atom stereocenters. The monoisotopic (exact) mass is 475 g/mol. The van der Waals surface area contributed by atoms with Gasteiger partial charge in [-0.1, -0.05) is 29.0 Å². The van der Waals surface area contributed by atoms with Crippen LogP contribution < -0.4 is 9.64 Å². The van der Waals surface area contributed by atoms with Crippen molar-refractivity contribution in [1.29, 1.82) is 0 Å². The van der Waals surface area contributed by atoms with Crippen molar-refractivity contribution in [3.8, 4) is 5.75 Å². The number of nitrogens with zero attached hydrogens (tertiary/aromatic N) is 3. The Morgan fingerprint density at radius 3 is 2.47 bits per heavy atom. The first-order valence-electron chi connectivity index (χ1n) is 10.4. The number of rotatable bonds is 10. The van der Waals surface area contributed by atoms with Gasteiger partial charge < -0.3 is 9.64 Å². The Morgan fingerprint density at radius 1 is 1.09 bits per heavy atom. The first-order chi connectivity index (χ1) is 15.2. The molecule has 0 saturated carbocycles. The fraction of sp³-hybridized carbons (Fsp3) is 0.391. The van der Waals surface area contributed by atoms with Gasteiger partial charge in [0.25, 0.3) is 0 Å². The number of fused-ring (bicyclic) bond motifs is 1. The summed E-state index contributed by atoms with van der Waals surface area (Å²) in [6.45, 7) is 3.07. The van der Waals surface area contributed by atoms with Gasteiger partial charge in [-0.2, -0.15) is 0 Å². The maximum Gasteiger partial charge on any atom is 0.228 e. The highest BCUT2D eigenvalue weighted by Crippen LogP contribution is 2.32. The summed E-state index contributed by atoms with van der Waals surface area (Å²) < 4.78 is 31.4. The molecule has 0 fully saturated rings. The number of benzene rings is 2. The number of methoxy groups -OCH3 is 1. The van der Waals surface area contributed by atoms with Crippen LogP contribution in [0.1, 0.15) is 18.4 Å². The van der Waals surface area contributed by atoms with Gasteiger partial charge in [-0.3, -0.25) is 9.69 Å². The van der Waals surface area contributed by atoms with E-state index < -0.39 is 9.84 Å². The Kier molecular flexibility index (Phi) is 7.86. The Balaban J connectivity index is 1.72. The summed E-state index contributed by atoms with van der Waals surface area (Å²) in [4.78, 5) is 21.7. The van der Waals surface area contributed by atoms with Gasteiger partial charge in [0, 0.05) is 19.5 Å². The Labute approximate surface area is 193 Å². The minimum absolute atomic E-state index is 0.0691. The van der Waals surface area contributed by atoms with Crippen LogP contribution >= 0.6 is 11.3 Å². The van der Waals surface area contributed by atoms with Gasteiger partial charge in [0.15, 0.2) is 15.0 Å². The number of aryl methyl sites for hydroxylation is 1. The molecule has 1 aromatic heterocycles. The van der Waals surface area contributed by atoms with Crippen LogP contribution in [0.15, 0.2) is 47.4 Å². The summed E-state index contributed by atoms with van der Waals surface area (Å²) in [5, 5.41) is 0.612. The number of anilines is 1. The number of carbonyl (C=O) groups excluding carboxylic acids is 1. The normalized spacial score (nSPS) is 11.8. The highest BCUT2D eigenvalue weighted by Gasteiger charge is 2.21. The summed E-state index contributed by atoms with van der Waals surface area (Å²) in [6, 6.07) is 12.4. The van der Waals surface area contributed by atoms with Gasteiger partial charge >= 0.3 is 0 Å². The molecule has 3 rings (SSSR count). The van der Waals surface area contributed by atoms with E-state index >= 15 is 0 Å². The summed E-state index contributed by atoms with van der Waals surface area (Å²) in [7, 11) is 2.08. The minimum Gasteiger partial charge on any atom is -0.497 e. The predicted molar refractivity (Wildman–Crippen MR) is 130 cm³/mol. The summed E-state index contributed by atoms with van der Waals surface area (Å²) >= 11 is 1.43. The Hall–Kier alpha value is -2.49. The smallest absolute Gasteiger partial charge is 0.228 e. The lowest BCUT2D eigenvalue weighted by atomic mass is 10.2. The molecule has 32 heavy (non-hydrogen) atoms. The molecule has 0 aliphatic carbocycles. The first-order valence-corrected chi connectivity index (χ1v) is 12.9. The molecule has 1 amide bonds. The third-order valence-electron chi connectivity index (χ3n) is 5.07. The highest BCUT2D eigenvalue weighted by atomic mass is 32.2. The number of ether oxygens (including phenoxy) is 1. The van der Waals surface area contributed by atoms with E-state index in [9.17, 15) is 13.2 Å². The van der Waals surface area contributed by atoms with Crippen LogP contribution in [0.3, 0.4) is 0 Å². The number of hydrogen-bond donors (Lipinski definition) is 0. The van der Waals surface area contributed by atoms with Gasteiger partial charge in [0.1, 0.15) is 5.75 Å². The Bertz CT molecular complexity index is 1170. The number of hydrogen-bond acceptors (Lipinski definition) is 7. The number of carbonyl (C=O) groups is 1. The van der Waals surface area contributed by atoms with E-state index in [1.54, 1.807) is 36.3 Å². The average Bonchev–Trinajstić information content (AvgIpc) is 3.16. The zero-order valence-corrected chi connectivity index (χ0v) is 20.5. The predicted octanol–water partition coefficient (Wildman–Crippen LogP) is 3.76. The number of likely N-dealkylation sites (N-methyl/N-ethyl adjacent to an activating group) is 1. The van der Waals surface area contributed by atoms with Crippen LogP contribution in [0.2, 0.25) is 0 Å². The third-order valence-corrected chi connectivity index (χ3v) is 7.93. The fourth-order valence-corrected chi connectivity index (χ4v) is 5.52. The van der Waals surface area contributed by atoms with E-state index in [-0.39, 0.29) is 24.5 Å². The summed E-state index contributed by atoms with van der Waals surface area (Å²) in [6.07, 6.45) is 0.393. The maximum absolute atomic E-state index is 13.1. The van der Waals surface area contributed by atoms with E-state index in [2.05, 4.69) is 4.98 Å². The van der Waals surface area contributed by atoms with Crippen molar-refractivity contribution in [3.63, 3.8) is 0 Å². The standard InChI is InChI=1S/C23H29N3O4S2/c1-17-7-10-19(11-8-17)32(28,29)15-5-6-22(27)26(14-13-25(2)3)23-24-20-12-9-18(30-4)16-21(20)31-23/h7-12,16H,5-6,13-15H2,1-4H3. The lowest BCUT2D eigenvalue weighted by Crippen LogP contribution is -2.36. The largest absolute Gasteiger partial charge is 0.497 e. The summed E-state index contributed by atoms with van der Waals surface area (Å²) in [5.41, 5.74) is 1.81. The van der Waals surface area contributed by atoms with E-state index in [4.69, 9.17) is 4.74 Å². The van der Waals surface area contributed by atoms with Crippen molar-refractivity contribution in [2.45, 2.75) is 24.7 Å². The van der Waals surface area contributed by atoms with Gasteiger partial charge in [0.05, 0.1) is 28.0 Å². The quantitative estimate of drug-likeness (QED) is 0.444. The molecular weight excluding hydrogens is 446 g/mol. The molecule has 172 valence electrons. The van der Waals surface area contributed by atoms with Crippen LogP contribution in [0.5, 0.6) is 5.75 Å². The van der Waals surface area contributed by atoms with Crippen molar-refractivity contribution in [2.75, 3.05) is 44.9 Å². The van der Waals surface area contributed by atoms with Crippen LogP contribution in [-0.4, -0.2) is 64.3 Å². The number of sulfone groups is 1. The van der Waals surface area contributed by atoms with Crippen molar-refractivity contribution < 1.29 is 17.9 Å². The van der Waals surface area contributed by atoms with Gasteiger partial charge in [-0.15, -0.1) is 0 Å². The molecule has 0 aliphatic heterocycles. The van der Waals surface area contributed by atoms with E-state index in [1.165, 1.54) is 11.3 Å². The van der Waals surface area contributed by atoms with Crippen LogP contribution in [0, 0.1) is 6.92 Å². The van der Waals surface area contributed by atoms with Crippen LogP contribution in [-0.2, 0) is 14.6 Å². The van der Waals surface area contributed by atoms with Crippen LogP contribution in [0.4, 0.5) is 5.13 Å². The van der Waals surface area contributed by atoms with Crippen molar-refractivity contribution in [3.05, 3.63) is 48.0 Å². The molecule has 0 aliphatic rings. The zero-order valence-electron chi connectivity index (χ0n) is 18.9. The first kappa shape index (κ1) is 24.2. The SMILES string of the molecule is COc1ccc2nc(N(CCN(C)C)C(=O)CCCS(=O)(=O)c3ccc(C)cc3)sc2c1. The topological polar surface area (TPSA) is 79.8 Å². The number of aromatic nitrogens is 1. The molecule has 0 N–H and O–H groups in total. The second-order valence-corrected chi connectivity index (χ2v) is 11.0. The minimum atomic E-state index is -3.42. The van der Waals surface area contributed by atoms with Crippen LogP contribution in [0.25, 0.3) is 10.2 Å². The molecule has 0 saturated heterocycles. The second kappa shape index (κ2) is 10.4. The van der Waals surface area contributed by atoms with Crippen molar-refractivity contribution in [1.82, 2.24) is 9.88 Å². The number of thiazole rings is 1. The van der Waals surface area contributed by atoms with Gasteiger partial charge in [-0.25, -0.2) is 13.4 Å².